The molecular formula is C15H20N2O4. The molecule has 1 fully saturated rings. The van der Waals surface area contributed by atoms with Crippen molar-refractivity contribution in [3.63, 3.8) is 0 Å². The fourth-order valence-electron chi connectivity index (χ4n) is 2.70. The first kappa shape index (κ1) is 15.3. The van der Waals surface area contributed by atoms with Crippen molar-refractivity contribution in [1.29, 1.82) is 0 Å². The highest BCUT2D eigenvalue weighted by Gasteiger charge is 2.21. The van der Waals surface area contributed by atoms with Gasteiger partial charge in [-0.25, -0.2) is 9.78 Å². The summed E-state index contributed by atoms with van der Waals surface area (Å²) < 4.78 is 4.68. The zero-order valence-corrected chi connectivity index (χ0v) is 12.1. The summed E-state index contributed by atoms with van der Waals surface area (Å²) in [6, 6.07) is 3.59. The highest BCUT2D eigenvalue weighted by Crippen LogP contribution is 2.26. The first-order chi connectivity index (χ1) is 10.1. The number of aliphatic carboxylic acids is 1. The van der Waals surface area contributed by atoms with E-state index in [9.17, 15) is 9.59 Å². The molecule has 0 saturated carbocycles. The van der Waals surface area contributed by atoms with E-state index >= 15 is 0 Å². The van der Waals surface area contributed by atoms with Gasteiger partial charge in [-0.2, -0.15) is 0 Å². The summed E-state index contributed by atoms with van der Waals surface area (Å²) in [7, 11) is 1.33. The van der Waals surface area contributed by atoms with Gasteiger partial charge in [-0.3, -0.25) is 4.79 Å². The molecule has 1 aliphatic heterocycles. The lowest BCUT2D eigenvalue weighted by Gasteiger charge is -2.34. The molecule has 0 spiro atoms. The van der Waals surface area contributed by atoms with E-state index < -0.39 is 11.9 Å². The van der Waals surface area contributed by atoms with Crippen molar-refractivity contribution in [3.05, 3.63) is 24.0 Å². The van der Waals surface area contributed by atoms with E-state index in [1.165, 1.54) is 7.11 Å². The van der Waals surface area contributed by atoms with Crippen LogP contribution in [0.1, 0.15) is 36.2 Å². The summed E-state index contributed by atoms with van der Waals surface area (Å²) in [5, 5.41) is 8.78. The van der Waals surface area contributed by atoms with Gasteiger partial charge in [0.1, 0.15) is 5.69 Å². The SMILES string of the molecule is COC(=O)c1cc(N2CCCC(CCC(=O)O)C2)ccn1. The summed E-state index contributed by atoms with van der Waals surface area (Å²) in [6.07, 6.45) is 4.59. The van der Waals surface area contributed by atoms with Gasteiger partial charge >= 0.3 is 11.9 Å². The lowest BCUT2D eigenvalue weighted by atomic mass is 9.93. The van der Waals surface area contributed by atoms with Gasteiger partial charge in [0.25, 0.3) is 0 Å². The van der Waals surface area contributed by atoms with Gasteiger partial charge in [0.15, 0.2) is 0 Å². The Hall–Kier alpha value is -2.11. The lowest BCUT2D eigenvalue weighted by Crippen LogP contribution is -2.35. The number of hydrogen-bond acceptors (Lipinski definition) is 5. The Morgan fingerprint density at radius 2 is 2.33 bits per heavy atom. The zero-order chi connectivity index (χ0) is 15.2. The lowest BCUT2D eigenvalue weighted by molar-refractivity contribution is -0.137. The van der Waals surface area contributed by atoms with E-state index in [4.69, 9.17) is 5.11 Å². The molecule has 1 N–H and O–H groups in total. The molecule has 0 aliphatic carbocycles. The number of nitrogens with zero attached hydrogens (tertiary/aromatic N) is 2. The minimum absolute atomic E-state index is 0.211. The van der Waals surface area contributed by atoms with E-state index in [1.54, 1.807) is 12.3 Å². The Morgan fingerprint density at radius 1 is 1.52 bits per heavy atom. The molecule has 114 valence electrons. The molecule has 1 aromatic heterocycles. The molecular weight excluding hydrogens is 272 g/mol. The Labute approximate surface area is 123 Å². The fourth-order valence-corrected chi connectivity index (χ4v) is 2.70. The molecule has 1 saturated heterocycles. The second kappa shape index (κ2) is 7.06. The number of anilines is 1. The molecule has 0 bridgehead atoms. The maximum Gasteiger partial charge on any atom is 0.356 e. The number of methoxy groups -OCH3 is 1. The van der Waals surface area contributed by atoms with Crippen LogP contribution in [0.25, 0.3) is 0 Å². The molecule has 0 amide bonds. The van der Waals surface area contributed by atoms with Crippen LogP contribution in [0.4, 0.5) is 5.69 Å². The maximum atomic E-state index is 11.5. The molecule has 6 heteroatoms. The summed E-state index contributed by atoms with van der Waals surface area (Å²) in [5.41, 5.74) is 1.23. The average molecular weight is 292 g/mol. The zero-order valence-electron chi connectivity index (χ0n) is 12.1. The first-order valence-electron chi connectivity index (χ1n) is 7.11. The standard InChI is InChI=1S/C15H20N2O4/c1-21-15(20)13-9-12(6-7-16-13)17-8-2-3-11(10-17)4-5-14(18)19/h6-7,9,11H,2-5,8,10H2,1H3,(H,18,19). The molecule has 1 atom stereocenters. The quantitative estimate of drug-likeness (QED) is 0.836. The predicted octanol–water partition coefficient (Wildman–Crippen LogP) is 1.95. The molecule has 21 heavy (non-hydrogen) atoms. The first-order valence-corrected chi connectivity index (χ1v) is 7.11. The van der Waals surface area contributed by atoms with Gasteiger partial charge in [0.2, 0.25) is 0 Å². The van der Waals surface area contributed by atoms with E-state index in [1.807, 2.05) is 6.07 Å². The number of carboxylic acid groups (broad SMARTS) is 1. The highest BCUT2D eigenvalue weighted by molar-refractivity contribution is 5.88. The van der Waals surface area contributed by atoms with Gasteiger partial charge in [-0.15, -0.1) is 0 Å². The summed E-state index contributed by atoms with van der Waals surface area (Å²) in [4.78, 5) is 28.4. The number of carboxylic acids is 1. The van der Waals surface area contributed by atoms with Crippen molar-refractivity contribution in [2.75, 3.05) is 25.1 Å². The number of carbonyl (C=O) groups excluding carboxylic acids is 1. The monoisotopic (exact) mass is 292 g/mol. The molecule has 1 aromatic rings. The van der Waals surface area contributed by atoms with E-state index in [0.717, 1.165) is 31.6 Å². The third kappa shape index (κ3) is 4.18. The second-order valence-corrected chi connectivity index (χ2v) is 5.28. The smallest absolute Gasteiger partial charge is 0.356 e. The van der Waals surface area contributed by atoms with Crippen LogP contribution in [0.15, 0.2) is 18.3 Å². The van der Waals surface area contributed by atoms with Crippen molar-refractivity contribution >= 4 is 17.6 Å². The normalized spacial score (nSPS) is 18.3. The largest absolute Gasteiger partial charge is 0.481 e. The number of hydrogen-bond donors (Lipinski definition) is 1. The van der Waals surface area contributed by atoms with Crippen LogP contribution in [0.2, 0.25) is 0 Å². The van der Waals surface area contributed by atoms with E-state index in [-0.39, 0.29) is 6.42 Å². The molecule has 2 heterocycles. The van der Waals surface area contributed by atoms with E-state index in [2.05, 4.69) is 14.6 Å². The number of ether oxygens (including phenoxy) is 1. The Bertz CT molecular complexity index is 518. The van der Waals surface area contributed by atoms with Crippen LogP contribution in [0, 0.1) is 5.92 Å². The minimum Gasteiger partial charge on any atom is -0.481 e. The molecule has 0 radical (unpaired) electrons. The number of pyridine rings is 1. The number of esters is 1. The Morgan fingerprint density at radius 3 is 3.05 bits per heavy atom. The number of carbonyl (C=O) groups is 2. The van der Waals surface area contributed by atoms with Crippen LogP contribution >= 0.6 is 0 Å². The Balaban J connectivity index is 2.03. The molecule has 1 unspecified atom stereocenters. The predicted molar refractivity (Wildman–Crippen MR) is 77.4 cm³/mol. The summed E-state index contributed by atoms with van der Waals surface area (Å²) in [6.45, 7) is 1.73. The van der Waals surface area contributed by atoms with Crippen molar-refractivity contribution in [2.24, 2.45) is 5.92 Å². The van der Waals surface area contributed by atoms with E-state index in [0.29, 0.717) is 18.0 Å². The summed E-state index contributed by atoms with van der Waals surface area (Å²) >= 11 is 0. The minimum atomic E-state index is -0.746. The van der Waals surface area contributed by atoms with Gasteiger partial charge in [0.05, 0.1) is 7.11 Å². The third-order valence-corrected chi connectivity index (χ3v) is 3.79. The third-order valence-electron chi connectivity index (χ3n) is 3.79. The second-order valence-electron chi connectivity index (χ2n) is 5.28. The topological polar surface area (TPSA) is 79.7 Å². The van der Waals surface area contributed by atoms with Crippen molar-refractivity contribution in [1.82, 2.24) is 4.98 Å². The molecule has 0 aromatic carbocycles. The molecule has 1 aliphatic rings. The van der Waals surface area contributed by atoms with Crippen molar-refractivity contribution in [3.8, 4) is 0 Å². The van der Waals surface area contributed by atoms with Crippen LogP contribution in [0.5, 0.6) is 0 Å². The highest BCUT2D eigenvalue weighted by atomic mass is 16.5. The molecule has 6 nitrogen and oxygen atoms in total. The van der Waals surface area contributed by atoms with Gasteiger partial charge in [-0.1, -0.05) is 0 Å². The van der Waals surface area contributed by atoms with Crippen LogP contribution in [0.3, 0.4) is 0 Å². The Kier molecular flexibility index (Phi) is 5.14. The maximum absolute atomic E-state index is 11.5. The van der Waals surface area contributed by atoms with Crippen molar-refractivity contribution < 1.29 is 19.4 Å². The number of piperidine rings is 1. The van der Waals surface area contributed by atoms with Crippen LogP contribution < -0.4 is 4.90 Å². The molecule has 2 rings (SSSR count). The summed E-state index contributed by atoms with van der Waals surface area (Å²) in [5.74, 6) is -0.815. The van der Waals surface area contributed by atoms with Crippen molar-refractivity contribution in [2.45, 2.75) is 25.7 Å². The van der Waals surface area contributed by atoms with Gasteiger partial charge in [0, 0.05) is 31.4 Å². The van der Waals surface area contributed by atoms with Crippen LogP contribution in [-0.4, -0.2) is 42.2 Å². The van der Waals surface area contributed by atoms with Crippen LogP contribution in [-0.2, 0) is 9.53 Å². The average Bonchev–Trinajstić information content (AvgIpc) is 2.52. The fraction of sp³-hybridized carbons (Fsp3) is 0.533. The number of rotatable bonds is 5. The van der Waals surface area contributed by atoms with Gasteiger partial charge < -0.3 is 14.7 Å². The van der Waals surface area contributed by atoms with Gasteiger partial charge in [-0.05, 0) is 37.3 Å². The number of aromatic nitrogens is 1.